The third kappa shape index (κ3) is 6.43. The van der Waals surface area contributed by atoms with Crippen molar-refractivity contribution in [1.29, 1.82) is 0 Å². The fraction of sp³-hybridized carbons (Fsp3) is 0.692. The molecule has 4 heteroatoms. The van der Waals surface area contributed by atoms with E-state index in [-0.39, 0.29) is 17.3 Å². The number of unbranched alkanes of at least 4 members (excludes halogenated alkanes) is 1. The minimum absolute atomic E-state index is 0.221. The lowest BCUT2D eigenvalue weighted by molar-refractivity contribution is 0.168. The zero-order chi connectivity index (χ0) is 21.2. The summed E-state index contributed by atoms with van der Waals surface area (Å²) < 4.78 is 30.1. The predicted octanol–water partition coefficient (Wildman–Crippen LogP) is 6.64. The van der Waals surface area contributed by atoms with Crippen LogP contribution in [0, 0.1) is 0 Å². The molecule has 0 unspecified atom stereocenters. The van der Waals surface area contributed by atoms with E-state index in [0.717, 1.165) is 51.4 Å². The molecular weight excluding hydrogens is 390 g/mol. The van der Waals surface area contributed by atoms with E-state index in [1.807, 2.05) is 28.6 Å². The first-order chi connectivity index (χ1) is 14.6. The van der Waals surface area contributed by atoms with E-state index in [1.54, 1.807) is 0 Å². The zero-order valence-electron chi connectivity index (χ0n) is 18.8. The van der Waals surface area contributed by atoms with Crippen LogP contribution in [-0.2, 0) is 16.4 Å². The fourth-order valence-electron chi connectivity index (χ4n) is 5.26. The Morgan fingerprint density at radius 1 is 0.933 bits per heavy atom. The summed E-state index contributed by atoms with van der Waals surface area (Å²) in [6.45, 7) is 2.15. The standard InChI is InChI=1S/C26H41NO2S/c1-2-3-21-26(22-13-16-23-14-7-4-8-15-23)30(28,29)27(24-17-9-5-10-18-24)25-19-11-6-12-20-25/h4,7-8,13-15,22,24-26H,2-3,5-6,9-12,16-21H2,1H3/b22-13+/t26-/m0/s1. The molecule has 2 fully saturated rings. The summed E-state index contributed by atoms with van der Waals surface area (Å²) in [4.78, 5) is 0. The molecule has 0 aliphatic heterocycles. The van der Waals surface area contributed by atoms with Gasteiger partial charge < -0.3 is 0 Å². The Kier molecular flexibility index (Phi) is 9.45. The van der Waals surface area contributed by atoms with Gasteiger partial charge in [0.05, 0.1) is 5.25 Å². The van der Waals surface area contributed by atoms with Crippen LogP contribution in [0.3, 0.4) is 0 Å². The van der Waals surface area contributed by atoms with Crippen LogP contribution in [0.25, 0.3) is 0 Å². The Labute approximate surface area is 185 Å². The molecule has 0 radical (unpaired) electrons. The molecule has 0 N–H and O–H groups in total. The molecule has 0 saturated heterocycles. The highest BCUT2D eigenvalue weighted by molar-refractivity contribution is 7.89. The smallest absolute Gasteiger partial charge is 0.212 e. The molecular formula is C26H41NO2S. The maximum atomic E-state index is 14.1. The van der Waals surface area contributed by atoms with Crippen molar-refractivity contribution in [2.45, 2.75) is 114 Å². The Hall–Kier alpha value is -1.13. The van der Waals surface area contributed by atoms with Gasteiger partial charge >= 0.3 is 0 Å². The maximum Gasteiger partial charge on any atom is 0.221 e. The lowest BCUT2D eigenvalue weighted by Gasteiger charge is -2.42. The average molecular weight is 432 g/mol. The summed E-state index contributed by atoms with van der Waals surface area (Å²) in [5, 5.41) is -0.384. The highest BCUT2D eigenvalue weighted by Crippen LogP contribution is 2.34. The molecule has 2 saturated carbocycles. The van der Waals surface area contributed by atoms with Crippen molar-refractivity contribution >= 4 is 10.0 Å². The first kappa shape index (κ1) is 23.5. The maximum absolute atomic E-state index is 14.1. The molecule has 3 nitrogen and oxygen atoms in total. The van der Waals surface area contributed by atoms with Crippen LogP contribution in [0.15, 0.2) is 42.5 Å². The minimum atomic E-state index is -3.34. The van der Waals surface area contributed by atoms with Crippen LogP contribution >= 0.6 is 0 Å². The van der Waals surface area contributed by atoms with Crippen LogP contribution in [0.5, 0.6) is 0 Å². The number of hydrogen-bond acceptors (Lipinski definition) is 2. The second-order valence-electron chi connectivity index (χ2n) is 9.26. The number of benzene rings is 1. The zero-order valence-corrected chi connectivity index (χ0v) is 19.7. The molecule has 0 aromatic heterocycles. The quantitative estimate of drug-likeness (QED) is 0.389. The molecule has 168 valence electrons. The van der Waals surface area contributed by atoms with Gasteiger partial charge in [-0.05, 0) is 44.1 Å². The van der Waals surface area contributed by atoms with Crippen LogP contribution < -0.4 is 0 Å². The molecule has 2 aliphatic rings. The third-order valence-electron chi connectivity index (χ3n) is 6.93. The van der Waals surface area contributed by atoms with Gasteiger partial charge in [0, 0.05) is 12.1 Å². The number of allylic oxidation sites excluding steroid dienone is 1. The van der Waals surface area contributed by atoms with Crippen molar-refractivity contribution in [1.82, 2.24) is 4.31 Å². The minimum Gasteiger partial charge on any atom is -0.212 e. The van der Waals surface area contributed by atoms with Crippen LogP contribution in [0.4, 0.5) is 0 Å². The van der Waals surface area contributed by atoms with Crippen molar-refractivity contribution < 1.29 is 8.42 Å². The van der Waals surface area contributed by atoms with Gasteiger partial charge in [-0.25, -0.2) is 8.42 Å². The van der Waals surface area contributed by atoms with E-state index < -0.39 is 10.0 Å². The Morgan fingerprint density at radius 3 is 2.03 bits per heavy atom. The predicted molar refractivity (Wildman–Crippen MR) is 127 cm³/mol. The molecule has 0 spiro atoms. The van der Waals surface area contributed by atoms with E-state index in [1.165, 1.54) is 44.1 Å². The van der Waals surface area contributed by atoms with Crippen LogP contribution in [-0.4, -0.2) is 30.1 Å². The largest absolute Gasteiger partial charge is 0.221 e. The molecule has 30 heavy (non-hydrogen) atoms. The molecule has 0 bridgehead atoms. The number of rotatable bonds is 10. The van der Waals surface area contributed by atoms with E-state index in [0.29, 0.717) is 0 Å². The Bertz CT molecular complexity index is 714. The van der Waals surface area contributed by atoms with E-state index in [4.69, 9.17) is 0 Å². The van der Waals surface area contributed by atoms with Crippen LogP contribution in [0.2, 0.25) is 0 Å². The Morgan fingerprint density at radius 2 is 1.50 bits per heavy atom. The van der Waals surface area contributed by atoms with E-state index >= 15 is 0 Å². The lowest BCUT2D eigenvalue weighted by atomic mass is 9.91. The lowest BCUT2D eigenvalue weighted by Crippen LogP contribution is -2.51. The third-order valence-corrected chi connectivity index (χ3v) is 9.28. The summed E-state index contributed by atoms with van der Waals surface area (Å²) in [6, 6.07) is 10.8. The topological polar surface area (TPSA) is 37.4 Å². The first-order valence-electron chi connectivity index (χ1n) is 12.4. The molecule has 0 amide bonds. The molecule has 0 heterocycles. The second kappa shape index (κ2) is 12.0. The van der Waals surface area contributed by atoms with Gasteiger partial charge in [0.25, 0.3) is 0 Å². The molecule has 1 aromatic carbocycles. The monoisotopic (exact) mass is 431 g/mol. The van der Waals surface area contributed by atoms with Crippen molar-refractivity contribution in [3.8, 4) is 0 Å². The van der Waals surface area contributed by atoms with Gasteiger partial charge in [-0.15, -0.1) is 0 Å². The summed E-state index contributed by atoms with van der Waals surface area (Å²) >= 11 is 0. The van der Waals surface area contributed by atoms with E-state index in [2.05, 4.69) is 25.1 Å². The van der Waals surface area contributed by atoms with Gasteiger partial charge in [0.15, 0.2) is 0 Å². The molecule has 1 aromatic rings. The molecule has 3 rings (SSSR count). The van der Waals surface area contributed by atoms with Gasteiger partial charge in [0.2, 0.25) is 10.0 Å². The highest BCUT2D eigenvalue weighted by Gasteiger charge is 2.40. The number of sulfonamides is 1. The normalized spacial score (nSPS) is 20.7. The average Bonchev–Trinajstić information content (AvgIpc) is 2.78. The SMILES string of the molecule is CCCC[C@@H](/C=C/Cc1ccccc1)S(=O)(=O)N(C1CCCCC1)C1CCCCC1. The summed E-state index contributed by atoms with van der Waals surface area (Å²) in [6.07, 6.45) is 19.0. The van der Waals surface area contributed by atoms with Crippen molar-refractivity contribution in [2.75, 3.05) is 0 Å². The van der Waals surface area contributed by atoms with Crippen molar-refractivity contribution in [3.63, 3.8) is 0 Å². The van der Waals surface area contributed by atoms with Crippen molar-refractivity contribution in [3.05, 3.63) is 48.0 Å². The number of hydrogen-bond donors (Lipinski definition) is 0. The summed E-state index contributed by atoms with van der Waals surface area (Å²) in [7, 11) is -3.34. The number of nitrogens with zero attached hydrogens (tertiary/aromatic N) is 1. The van der Waals surface area contributed by atoms with Gasteiger partial charge in [-0.3, -0.25) is 0 Å². The van der Waals surface area contributed by atoms with Crippen molar-refractivity contribution in [2.24, 2.45) is 0 Å². The molecule has 2 aliphatic carbocycles. The first-order valence-corrected chi connectivity index (χ1v) is 13.9. The fourth-order valence-corrected chi connectivity index (χ4v) is 7.60. The second-order valence-corrected chi connectivity index (χ2v) is 11.3. The Balaban J connectivity index is 1.82. The van der Waals surface area contributed by atoms with Gasteiger partial charge in [-0.1, -0.05) is 101 Å². The van der Waals surface area contributed by atoms with Gasteiger partial charge in [0.1, 0.15) is 0 Å². The summed E-state index contributed by atoms with van der Waals surface area (Å²) in [5.74, 6) is 0. The van der Waals surface area contributed by atoms with E-state index in [9.17, 15) is 8.42 Å². The highest BCUT2D eigenvalue weighted by atomic mass is 32.2. The molecule has 1 atom stereocenters. The van der Waals surface area contributed by atoms with Crippen LogP contribution in [0.1, 0.15) is 96.0 Å². The van der Waals surface area contributed by atoms with Gasteiger partial charge in [-0.2, -0.15) is 4.31 Å². The summed E-state index contributed by atoms with van der Waals surface area (Å²) in [5.41, 5.74) is 1.23.